The van der Waals surface area contributed by atoms with Crippen molar-refractivity contribution in [1.82, 2.24) is 10.3 Å². The van der Waals surface area contributed by atoms with Crippen molar-refractivity contribution in [2.75, 3.05) is 12.3 Å². The van der Waals surface area contributed by atoms with Gasteiger partial charge in [0.15, 0.2) is 7.87 Å². The van der Waals surface area contributed by atoms with Gasteiger partial charge in [0.1, 0.15) is 0 Å². The Labute approximate surface area is 112 Å². The first-order chi connectivity index (χ1) is 7.75. The van der Waals surface area contributed by atoms with Gasteiger partial charge in [0.2, 0.25) is 0 Å². The molecular formula is C10H10N2S4. The third kappa shape index (κ3) is 2.22. The van der Waals surface area contributed by atoms with E-state index >= 15 is 0 Å². The normalized spacial score (nSPS) is 25.3. The number of aromatic nitrogens is 1. The molecule has 3 rings (SSSR count). The molecule has 1 saturated heterocycles. The van der Waals surface area contributed by atoms with Gasteiger partial charge in [0, 0.05) is 12.3 Å². The first-order valence-electron chi connectivity index (χ1n) is 4.91. The molecule has 0 amide bonds. The number of hydrogen-bond donors (Lipinski definition) is 2. The van der Waals surface area contributed by atoms with Crippen LogP contribution in [0.3, 0.4) is 0 Å². The number of thiol groups is 1. The van der Waals surface area contributed by atoms with Gasteiger partial charge in [-0.05, 0) is 12.1 Å². The highest BCUT2D eigenvalue weighted by atomic mass is 32.3. The molecule has 0 spiro atoms. The van der Waals surface area contributed by atoms with Crippen molar-refractivity contribution < 1.29 is 0 Å². The lowest BCUT2D eigenvalue weighted by Crippen LogP contribution is -2.26. The van der Waals surface area contributed by atoms with Crippen molar-refractivity contribution in [1.29, 1.82) is 0 Å². The molecule has 0 saturated carbocycles. The van der Waals surface area contributed by atoms with E-state index < -0.39 is 0 Å². The highest BCUT2D eigenvalue weighted by molar-refractivity contribution is 8.29. The van der Waals surface area contributed by atoms with Gasteiger partial charge < -0.3 is 0 Å². The van der Waals surface area contributed by atoms with Gasteiger partial charge in [-0.25, -0.2) is 4.98 Å². The van der Waals surface area contributed by atoms with Crippen molar-refractivity contribution in [2.45, 2.75) is 7.87 Å². The third-order valence-electron chi connectivity index (χ3n) is 2.25. The lowest BCUT2D eigenvalue weighted by atomic mass is 10.3. The summed E-state index contributed by atoms with van der Waals surface area (Å²) in [7, 11) is 0. The van der Waals surface area contributed by atoms with Crippen LogP contribution in [0.4, 0.5) is 0 Å². The summed E-state index contributed by atoms with van der Waals surface area (Å²) in [5, 5.41) is 3.38. The number of rotatable bonds is 2. The van der Waals surface area contributed by atoms with Gasteiger partial charge in [0.05, 0.1) is 10.2 Å². The summed E-state index contributed by atoms with van der Waals surface area (Å²) in [4.78, 5) is 4.60. The van der Waals surface area contributed by atoms with Crippen LogP contribution in [-0.4, -0.2) is 20.8 Å². The second kappa shape index (κ2) is 4.42. The zero-order chi connectivity index (χ0) is 11.0. The fourth-order valence-electron chi connectivity index (χ4n) is 1.53. The molecule has 1 unspecified atom stereocenters. The molecule has 0 bridgehead atoms. The van der Waals surface area contributed by atoms with Crippen LogP contribution in [0, 0.1) is 0 Å². The zero-order valence-corrected chi connectivity index (χ0v) is 11.7. The van der Waals surface area contributed by atoms with Crippen LogP contribution < -0.4 is 5.32 Å². The minimum atomic E-state index is -0.201. The lowest BCUT2D eigenvalue weighted by molar-refractivity contribution is 0.824. The van der Waals surface area contributed by atoms with Crippen LogP contribution in [0.25, 0.3) is 10.2 Å². The Hall–Kier alpha value is 0.120. The van der Waals surface area contributed by atoms with Crippen LogP contribution in [0.5, 0.6) is 0 Å². The van der Waals surface area contributed by atoms with Crippen molar-refractivity contribution in [2.24, 2.45) is 0 Å². The molecular weight excluding hydrogens is 276 g/mol. The second-order valence-electron chi connectivity index (χ2n) is 3.41. The average molecular weight is 286 g/mol. The smallest absolute Gasteiger partial charge is 0.163 e. The van der Waals surface area contributed by atoms with Crippen LogP contribution in [0.2, 0.25) is 0 Å². The maximum atomic E-state index is 4.66. The summed E-state index contributed by atoms with van der Waals surface area (Å²) >= 11 is 9.92. The summed E-state index contributed by atoms with van der Waals surface area (Å²) in [6, 6.07) is 8.23. The molecule has 1 N–H and O–H groups in total. The first kappa shape index (κ1) is 11.2. The standard InChI is InChI=1S/C10H10N2S4/c13-10(11-5-6-14-10)16-9-12-7-3-1-2-4-8(7)15-9/h1-4,11,13H,5-6H2. The molecule has 0 aliphatic carbocycles. The van der Waals surface area contributed by atoms with Gasteiger partial charge in [-0.3, -0.25) is 5.32 Å². The van der Waals surface area contributed by atoms with E-state index in [-0.39, 0.29) is 3.54 Å². The summed E-state index contributed by atoms with van der Waals surface area (Å²) in [6.07, 6.45) is 0. The Morgan fingerprint density at radius 1 is 1.44 bits per heavy atom. The number of nitrogens with one attached hydrogen (secondary N) is 1. The highest BCUT2D eigenvalue weighted by Crippen LogP contribution is 2.47. The molecule has 1 atom stereocenters. The number of benzene rings is 1. The third-order valence-corrected chi connectivity index (χ3v) is 6.63. The number of nitrogens with zero attached hydrogens (tertiary/aromatic N) is 1. The highest BCUT2D eigenvalue weighted by Gasteiger charge is 2.32. The monoisotopic (exact) mass is 286 g/mol. The summed E-state index contributed by atoms with van der Waals surface area (Å²) in [6.45, 7) is 1.02. The fourth-order valence-corrected chi connectivity index (χ4v) is 5.99. The maximum absolute atomic E-state index is 4.66. The predicted octanol–water partition coefficient (Wildman–Crippen LogP) is 3.27. The Bertz CT molecular complexity index is 471. The Morgan fingerprint density at radius 2 is 2.31 bits per heavy atom. The minimum absolute atomic E-state index is 0.201. The maximum Gasteiger partial charge on any atom is 0.163 e. The van der Waals surface area contributed by atoms with Crippen LogP contribution >= 0.6 is 47.5 Å². The van der Waals surface area contributed by atoms with E-state index in [1.54, 1.807) is 23.1 Å². The first-order valence-corrected chi connectivity index (χ1v) is 7.98. The van der Waals surface area contributed by atoms with Crippen molar-refractivity contribution in [3.8, 4) is 0 Å². The number of hydrogen-bond acceptors (Lipinski definition) is 6. The van der Waals surface area contributed by atoms with Gasteiger partial charge in [-0.15, -0.1) is 35.7 Å². The van der Waals surface area contributed by atoms with E-state index in [9.17, 15) is 0 Å². The quantitative estimate of drug-likeness (QED) is 0.654. The molecule has 1 aromatic heterocycles. The van der Waals surface area contributed by atoms with Crippen molar-refractivity contribution in [3.63, 3.8) is 0 Å². The van der Waals surface area contributed by atoms with Crippen molar-refractivity contribution >= 4 is 57.7 Å². The number of thiazole rings is 1. The van der Waals surface area contributed by atoms with E-state index in [0.29, 0.717) is 0 Å². The number of thioether (sulfide) groups is 2. The minimum Gasteiger partial charge on any atom is -0.285 e. The zero-order valence-electron chi connectivity index (χ0n) is 8.34. The van der Waals surface area contributed by atoms with Crippen molar-refractivity contribution in [3.05, 3.63) is 24.3 Å². The molecule has 1 aliphatic rings. The fraction of sp³-hybridized carbons (Fsp3) is 0.300. The number of fused-ring (bicyclic) bond motifs is 1. The summed E-state index contributed by atoms with van der Waals surface area (Å²) in [5.41, 5.74) is 1.08. The number of para-hydroxylation sites is 1. The summed E-state index contributed by atoms with van der Waals surface area (Å²) in [5.74, 6) is 1.11. The van der Waals surface area contributed by atoms with E-state index in [1.165, 1.54) is 4.70 Å². The van der Waals surface area contributed by atoms with E-state index in [1.807, 2.05) is 23.9 Å². The lowest BCUT2D eigenvalue weighted by Gasteiger charge is -2.19. The Balaban J connectivity index is 1.89. The molecule has 6 heteroatoms. The Morgan fingerprint density at radius 3 is 3.06 bits per heavy atom. The molecule has 1 fully saturated rings. The van der Waals surface area contributed by atoms with Crippen LogP contribution in [0.1, 0.15) is 0 Å². The molecule has 84 valence electrons. The van der Waals surface area contributed by atoms with E-state index in [4.69, 9.17) is 0 Å². The average Bonchev–Trinajstić information content (AvgIpc) is 2.84. The van der Waals surface area contributed by atoms with Gasteiger partial charge in [-0.2, -0.15) is 0 Å². The van der Waals surface area contributed by atoms with Gasteiger partial charge in [0.25, 0.3) is 0 Å². The molecule has 2 heterocycles. The molecule has 2 nitrogen and oxygen atoms in total. The van der Waals surface area contributed by atoms with Gasteiger partial charge in [-0.1, -0.05) is 23.9 Å². The van der Waals surface area contributed by atoms with Crippen LogP contribution in [-0.2, 0) is 0 Å². The molecule has 16 heavy (non-hydrogen) atoms. The molecule has 0 radical (unpaired) electrons. The molecule has 1 aliphatic heterocycles. The SMILES string of the molecule is SC1(Sc2nc3ccccc3s2)NCCS1. The van der Waals surface area contributed by atoms with E-state index in [2.05, 4.69) is 35.1 Å². The second-order valence-corrected chi connectivity index (χ2v) is 8.74. The predicted molar refractivity (Wildman–Crippen MR) is 77.7 cm³/mol. The van der Waals surface area contributed by atoms with E-state index in [0.717, 1.165) is 22.2 Å². The molecule has 1 aromatic carbocycles. The Kier molecular flexibility index (Phi) is 3.10. The molecule has 2 aromatic rings. The largest absolute Gasteiger partial charge is 0.285 e. The van der Waals surface area contributed by atoms with Gasteiger partial charge >= 0.3 is 0 Å². The summed E-state index contributed by atoms with van der Waals surface area (Å²) < 4.78 is 2.12. The van der Waals surface area contributed by atoms with Crippen LogP contribution in [0.15, 0.2) is 28.6 Å². The topological polar surface area (TPSA) is 24.9 Å².